The van der Waals surface area contributed by atoms with E-state index in [4.69, 9.17) is 4.74 Å². The molecule has 1 saturated heterocycles. The Kier molecular flexibility index (Phi) is 6.66. The van der Waals surface area contributed by atoms with Crippen molar-refractivity contribution in [2.45, 2.75) is 38.1 Å². The zero-order valence-corrected chi connectivity index (χ0v) is 17.1. The van der Waals surface area contributed by atoms with Gasteiger partial charge in [-0.2, -0.15) is 4.31 Å². The Hall–Kier alpha value is -1.91. The van der Waals surface area contributed by atoms with Crippen LogP contribution in [-0.2, 0) is 19.6 Å². The molecule has 1 aliphatic rings. The van der Waals surface area contributed by atoms with Crippen LogP contribution in [0.25, 0.3) is 0 Å². The van der Waals surface area contributed by atoms with Crippen LogP contribution in [0.15, 0.2) is 17.2 Å². The van der Waals surface area contributed by atoms with Crippen molar-refractivity contribution < 1.29 is 22.7 Å². The lowest BCUT2D eigenvalue weighted by atomic mass is 10.1. The summed E-state index contributed by atoms with van der Waals surface area (Å²) in [7, 11) is -3.68. The van der Waals surface area contributed by atoms with Crippen LogP contribution < -0.4 is 5.32 Å². The minimum absolute atomic E-state index is 0.0305. The molecule has 27 heavy (non-hydrogen) atoms. The Morgan fingerprint density at radius 1 is 1.30 bits per heavy atom. The van der Waals surface area contributed by atoms with Crippen molar-refractivity contribution in [3.05, 3.63) is 18.0 Å². The van der Waals surface area contributed by atoms with E-state index in [1.807, 2.05) is 20.8 Å². The number of amides is 2. The van der Waals surface area contributed by atoms with Crippen LogP contribution in [0.3, 0.4) is 0 Å². The van der Waals surface area contributed by atoms with Crippen molar-refractivity contribution in [1.82, 2.24) is 19.5 Å². The molecule has 0 atom stereocenters. The predicted octanol–water partition coefficient (Wildman–Crippen LogP) is 0.412. The fourth-order valence-corrected chi connectivity index (χ4v) is 4.11. The third-order valence-corrected chi connectivity index (χ3v) is 5.89. The van der Waals surface area contributed by atoms with Crippen molar-refractivity contribution in [3.63, 3.8) is 0 Å². The molecule has 0 aliphatic carbocycles. The number of H-pyrrole nitrogens is 1. The molecule has 0 aromatic carbocycles. The maximum Gasteiger partial charge on any atom is 0.270 e. The van der Waals surface area contributed by atoms with Crippen molar-refractivity contribution in [3.8, 4) is 0 Å². The summed E-state index contributed by atoms with van der Waals surface area (Å²) in [4.78, 5) is 28.9. The molecule has 2 heterocycles. The van der Waals surface area contributed by atoms with E-state index in [9.17, 15) is 18.0 Å². The number of rotatable bonds is 6. The van der Waals surface area contributed by atoms with Crippen molar-refractivity contribution in [2.75, 3.05) is 39.4 Å². The summed E-state index contributed by atoms with van der Waals surface area (Å²) >= 11 is 0. The third kappa shape index (κ3) is 5.53. The van der Waals surface area contributed by atoms with E-state index < -0.39 is 21.5 Å². The second-order valence-corrected chi connectivity index (χ2v) is 9.32. The number of hydrogen-bond donors (Lipinski definition) is 2. The molecule has 0 spiro atoms. The number of morpholine rings is 1. The van der Waals surface area contributed by atoms with E-state index in [-0.39, 0.29) is 36.1 Å². The first-order valence-corrected chi connectivity index (χ1v) is 10.3. The van der Waals surface area contributed by atoms with Crippen LogP contribution in [0.4, 0.5) is 0 Å². The normalized spacial score (nSPS) is 16.1. The molecule has 0 unspecified atom stereocenters. The van der Waals surface area contributed by atoms with Crippen LogP contribution in [0.1, 0.15) is 38.2 Å². The van der Waals surface area contributed by atoms with Gasteiger partial charge >= 0.3 is 0 Å². The molecule has 2 amide bonds. The minimum Gasteiger partial charge on any atom is -0.379 e. The van der Waals surface area contributed by atoms with E-state index >= 15 is 0 Å². The SMILES string of the molecule is CCN(CC(=O)NC(C)(C)C)C(=O)c1cc(S(=O)(=O)N2CCOCC2)c[nH]1. The van der Waals surface area contributed by atoms with Gasteiger partial charge in [0.15, 0.2) is 0 Å². The highest BCUT2D eigenvalue weighted by atomic mass is 32.2. The second kappa shape index (κ2) is 8.41. The molecular formula is C17H28N4O5S. The highest BCUT2D eigenvalue weighted by molar-refractivity contribution is 7.89. The summed E-state index contributed by atoms with van der Waals surface area (Å²) in [6.45, 7) is 8.82. The Morgan fingerprint density at radius 2 is 1.93 bits per heavy atom. The molecule has 0 radical (unpaired) electrons. The van der Waals surface area contributed by atoms with Gasteiger partial charge < -0.3 is 19.9 Å². The average Bonchev–Trinajstić information content (AvgIpc) is 3.09. The fourth-order valence-electron chi connectivity index (χ4n) is 2.71. The Morgan fingerprint density at radius 3 is 2.48 bits per heavy atom. The van der Waals surface area contributed by atoms with Crippen LogP contribution in [0, 0.1) is 0 Å². The number of nitrogens with one attached hydrogen (secondary N) is 2. The lowest BCUT2D eigenvalue weighted by Crippen LogP contribution is -2.47. The summed E-state index contributed by atoms with van der Waals surface area (Å²) in [5.74, 6) is -0.699. The summed E-state index contributed by atoms with van der Waals surface area (Å²) < 4.78 is 31.8. The first-order valence-electron chi connectivity index (χ1n) is 8.91. The van der Waals surface area contributed by atoms with E-state index in [1.54, 1.807) is 6.92 Å². The van der Waals surface area contributed by atoms with Crippen LogP contribution >= 0.6 is 0 Å². The van der Waals surface area contributed by atoms with E-state index in [0.717, 1.165) is 0 Å². The first kappa shape index (κ1) is 21.4. The number of ether oxygens (including phenoxy) is 1. The van der Waals surface area contributed by atoms with Gasteiger partial charge in [-0.05, 0) is 33.8 Å². The molecule has 0 bridgehead atoms. The number of carbonyl (C=O) groups excluding carboxylic acids is 2. The summed E-state index contributed by atoms with van der Waals surface area (Å²) in [6.07, 6.45) is 1.31. The summed E-state index contributed by atoms with van der Waals surface area (Å²) in [5.41, 5.74) is -0.266. The second-order valence-electron chi connectivity index (χ2n) is 7.38. The average molecular weight is 401 g/mol. The standard InChI is InChI=1S/C17H28N4O5S/c1-5-20(12-15(22)19-17(2,3)4)16(23)14-10-13(11-18-14)27(24,25)21-6-8-26-9-7-21/h10-11,18H,5-9,12H2,1-4H3,(H,19,22). The number of aromatic amines is 1. The molecule has 2 N–H and O–H groups in total. The van der Waals surface area contributed by atoms with Gasteiger partial charge in [0.1, 0.15) is 10.6 Å². The van der Waals surface area contributed by atoms with Gasteiger partial charge in [0.25, 0.3) is 5.91 Å². The largest absolute Gasteiger partial charge is 0.379 e. The third-order valence-electron chi connectivity index (χ3n) is 4.01. The van der Waals surface area contributed by atoms with Crippen molar-refractivity contribution in [2.24, 2.45) is 0 Å². The Labute approximate surface area is 160 Å². The summed E-state index contributed by atoms with van der Waals surface area (Å²) in [6, 6.07) is 1.32. The van der Waals surface area contributed by atoms with E-state index in [0.29, 0.717) is 19.8 Å². The Balaban J connectivity index is 2.11. The van der Waals surface area contributed by atoms with Gasteiger partial charge in [0.05, 0.1) is 19.8 Å². The molecular weight excluding hydrogens is 372 g/mol. The molecule has 10 heteroatoms. The molecule has 1 aromatic heterocycles. The summed E-state index contributed by atoms with van der Waals surface area (Å²) in [5, 5.41) is 2.81. The van der Waals surface area contributed by atoms with Crippen LogP contribution in [0.5, 0.6) is 0 Å². The van der Waals surface area contributed by atoms with Gasteiger partial charge in [0.2, 0.25) is 15.9 Å². The zero-order chi connectivity index (χ0) is 20.2. The lowest BCUT2D eigenvalue weighted by Gasteiger charge is -2.25. The number of hydrogen-bond acceptors (Lipinski definition) is 5. The topological polar surface area (TPSA) is 112 Å². The highest BCUT2D eigenvalue weighted by Gasteiger charge is 2.29. The number of sulfonamides is 1. The maximum absolute atomic E-state index is 12.7. The lowest BCUT2D eigenvalue weighted by molar-refractivity contribution is -0.123. The van der Waals surface area contributed by atoms with Gasteiger partial charge in [-0.15, -0.1) is 0 Å². The molecule has 1 fully saturated rings. The fraction of sp³-hybridized carbons (Fsp3) is 0.647. The molecule has 9 nitrogen and oxygen atoms in total. The number of carbonyl (C=O) groups is 2. The molecule has 152 valence electrons. The van der Waals surface area contributed by atoms with Gasteiger partial charge in [-0.25, -0.2) is 8.42 Å². The van der Waals surface area contributed by atoms with Crippen LogP contribution in [0.2, 0.25) is 0 Å². The molecule has 1 aromatic rings. The smallest absolute Gasteiger partial charge is 0.270 e. The zero-order valence-electron chi connectivity index (χ0n) is 16.2. The Bertz CT molecular complexity index is 775. The van der Waals surface area contributed by atoms with Gasteiger partial charge in [0, 0.05) is 31.4 Å². The van der Waals surface area contributed by atoms with Crippen molar-refractivity contribution >= 4 is 21.8 Å². The van der Waals surface area contributed by atoms with Crippen molar-refractivity contribution in [1.29, 1.82) is 0 Å². The molecule has 2 rings (SSSR count). The maximum atomic E-state index is 12.7. The monoisotopic (exact) mass is 400 g/mol. The number of nitrogens with zero attached hydrogens (tertiary/aromatic N) is 2. The quantitative estimate of drug-likeness (QED) is 0.718. The molecule has 1 aliphatic heterocycles. The predicted molar refractivity (Wildman–Crippen MR) is 99.8 cm³/mol. The molecule has 0 saturated carbocycles. The van der Waals surface area contributed by atoms with Gasteiger partial charge in [-0.1, -0.05) is 0 Å². The highest BCUT2D eigenvalue weighted by Crippen LogP contribution is 2.19. The van der Waals surface area contributed by atoms with E-state index in [1.165, 1.54) is 21.5 Å². The van der Waals surface area contributed by atoms with Gasteiger partial charge in [-0.3, -0.25) is 9.59 Å². The number of aromatic nitrogens is 1. The number of likely N-dealkylation sites (N-methyl/N-ethyl adjacent to an activating group) is 1. The minimum atomic E-state index is -3.68. The van der Waals surface area contributed by atoms with E-state index in [2.05, 4.69) is 10.3 Å². The first-order chi connectivity index (χ1) is 12.5. The van der Waals surface area contributed by atoms with Crippen LogP contribution in [-0.4, -0.2) is 79.4 Å².